The maximum absolute atomic E-state index is 10.8. The lowest BCUT2D eigenvalue weighted by Crippen LogP contribution is -1.96. The van der Waals surface area contributed by atoms with Crippen LogP contribution in [0.2, 0.25) is 0 Å². The van der Waals surface area contributed by atoms with Gasteiger partial charge in [0.2, 0.25) is 0 Å². The minimum Gasteiger partial charge on any atom is -0.478 e. The molecule has 0 fully saturated rings. The van der Waals surface area contributed by atoms with Crippen molar-refractivity contribution in [2.24, 2.45) is 0 Å². The molecule has 0 saturated carbocycles. The summed E-state index contributed by atoms with van der Waals surface area (Å²) in [6.07, 6.45) is 6.59. The highest BCUT2D eigenvalue weighted by atomic mass is 16.4. The van der Waals surface area contributed by atoms with Gasteiger partial charge in [-0.3, -0.25) is 5.10 Å². The van der Waals surface area contributed by atoms with Gasteiger partial charge in [0.05, 0.1) is 11.7 Å². The van der Waals surface area contributed by atoms with Crippen molar-refractivity contribution < 1.29 is 9.90 Å². The van der Waals surface area contributed by atoms with Crippen molar-refractivity contribution in [3.63, 3.8) is 0 Å². The van der Waals surface area contributed by atoms with E-state index in [1.807, 2.05) is 24.4 Å². The van der Waals surface area contributed by atoms with E-state index in [4.69, 9.17) is 5.11 Å². The van der Waals surface area contributed by atoms with Crippen LogP contribution in [0.1, 0.15) is 42.0 Å². The van der Waals surface area contributed by atoms with Gasteiger partial charge in [-0.05, 0) is 58.0 Å². The summed E-state index contributed by atoms with van der Waals surface area (Å²) < 4.78 is 0. The average Bonchev–Trinajstić information content (AvgIpc) is 3.27. The summed E-state index contributed by atoms with van der Waals surface area (Å²) in [6, 6.07) is 24.9. The van der Waals surface area contributed by atoms with Crippen LogP contribution in [0.25, 0.3) is 28.1 Å². The third-order valence-corrected chi connectivity index (χ3v) is 5.27. The number of carboxylic acids is 1. The highest BCUT2D eigenvalue weighted by molar-refractivity contribution is 6.00. The predicted octanol–water partition coefficient (Wildman–Crippen LogP) is 6.42. The molecule has 0 aliphatic carbocycles. The summed E-state index contributed by atoms with van der Waals surface area (Å²) in [5, 5.41) is 17.1. The second-order valence-electron chi connectivity index (χ2n) is 7.44. The van der Waals surface area contributed by atoms with E-state index < -0.39 is 5.97 Å². The van der Waals surface area contributed by atoms with E-state index in [2.05, 4.69) is 71.7 Å². The van der Waals surface area contributed by atoms with Gasteiger partial charge in [-0.15, -0.1) is 0 Å². The highest BCUT2D eigenvalue weighted by Crippen LogP contribution is 2.36. The fourth-order valence-electron chi connectivity index (χ4n) is 3.84. The van der Waals surface area contributed by atoms with Gasteiger partial charge < -0.3 is 5.11 Å². The zero-order valence-electron chi connectivity index (χ0n) is 17.4. The Morgan fingerprint density at radius 3 is 2.42 bits per heavy atom. The first-order chi connectivity index (χ1) is 15.2. The molecular formula is C27H24N2O2. The number of nitrogens with one attached hydrogen (secondary N) is 1. The van der Waals surface area contributed by atoms with Crippen LogP contribution in [-0.4, -0.2) is 21.3 Å². The van der Waals surface area contributed by atoms with E-state index in [-0.39, 0.29) is 0 Å². The molecule has 1 aromatic heterocycles. The van der Waals surface area contributed by atoms with Crippen molar-refractivity contribution in [1.82, 2.24) is 10.2 Å². The topological polar surface area (TPSA) is 66.0 Å². The zero-order valence-corrected chi connectivity index (χ0v) is 17.4. The normalized spacial score (nSPS) is 12.3. The smallest absolute Gasteiger partial charge is 0.328 e. The summed E-state index contributed by atoms with van der Waals surface area (Å²) in [6.45, 7) is 2.19. The van der Waals surface area contributed by atoms with Gasteiger partial charge in [-0.25, -0.2) is 4.79 Å². The van der Waals surface area contributed by atoms with Crippen LogP contribution in [0.3, 0.4) is 0 Å². The minimum absolute atomic E-state index is 0.854. The molecule has 1 heterocycles. The monoisotopic (exact) mass is 408 g/mol. The van der Waals surface area contributed by atoms with Crippen LogP contribution >= 0.6 is 0 Å². The second-order valence-corrected chi connectivity index (χ2v) is 7.44. The van der Waals surface area contributed by atoms with Gasteiger partial charge >= 0.3 is 5.97 Å². The maximum atomic E-state index is 10.8. The van der Waals surface area contributed by atoms with E-state index >= 15 is 0 Å². The number of aliphatic carboxylic acids is 1. The minimum atomic E-state index is -0.951. The van der Waals surface area contributed by atoms with Gasteiger partial charge in [0, 0.05) is 11.5 Å². The van der Waals surface area contributed by atoms with E-state index in [1.54, 1.807) is 6.08 Å². The Balaban J connectivity index is 1.91. The predicted molar refractivity (Wildman–Crippen MR) is 126 cm³/mol. The first kappa shape index (κ1) is 20.4. The molecule has 0 saturated heterocycles. The van der Waals surface area contributed by atoms with Crippen LogP contribution in [-0.2, 0) is 4.79 Å². The van der Waals surface area contributed by atoms with E-state index in [0.29, 0.717) is 0 Å². The van der Waals surface area contributed by atoms with Gasteiger partial charge in [0.1, 0.15) is 0 Å². The second kappa shape index (κ2) is 9.26. The molecule has 4 aromatic rings. The molecule has 0 unspecified atom stereocenters. The zero-order chi connectivity index (χ0) is 21.6. The molecule has 154 valence electrons. The Morgan fingerprint density at radius 2 is 1.71 bits per heavy atom. The molecule has 31 heavy (non-hydrogen) atoms. The number of carboxylic acid groups (broad SMARTS) is 1. The Hall–Kier alpha value is -3.92. The number of hydrogen-bond acceptors (Lipinski definition) is 2. The summed E-state index contributed by atoms with van der Waals surface area (Å²) in [5.74, 6) is -0.951. The number of hydrogen-bond donors (Lipinski definition) is 2. The van der Waals surface area contributed by atoms with Gasteiger partial charge in [0.25, 0.3) is 0 Å². The molecule has 4 nitrogen and oxygen atoms in total. The van der Waals surface area contributed by atoms with Crippen molar-refractivity contribution in [3.8, 4) is 0 Å². The number of aromatic nitrogens is 2. The maximum Gasteiger partial charge on any atom is 0.328 e. The Labute approximate surface area is 181 Å². The lowest BCUT2D eigenvalue weighted by molar-refractivity contribution is -0.131. The largest absolute Gasteiger partial charge is 0.478 e. The number of nitrogens with zero attached hydrogens (tertiary/aromatic N) is 1. The van der Waals surface area contributed by atoms with E-state index in [0.717, 1.165) is 46.5 Å². The Bertz CT molecular complexity index is 1250. The van der Waals surface area contributed by atoms with Gasteiger partial charge in [-0.1, -0.05) is 74.0 Å². The lowest BCUT2D eigenvalue weighted by Gasteiger charge is -2.17. The van der Waals surface area contributed by atoms with Crippen LogP contribution in [0.4, 0.5) is 0 Å². The number of aromatic amines is 1. The number of carbonyl (C=O) groups is 1. The fraction of sp³-hybridized carbons (Fsp3) is 0.111. The molecule has 0 bridgehead atoms. The summed E-state index contributed by atoms with van der Waals surface area (Å²) in [4.78, 5) is 10.8. The molecule has 4 rings (SSSR count). The fourth-order valence-corrected chi connectivity index (χ4v) is 3.84. The number of rotatable bonds is 7. The number of allylic oxidation sites excluding steroid dienone is 1. The van der Waals surface area contributed by atoms with Crippen molar-refractivity contribution in [2.45, 2.75) is 19.8 Å². The molecule has 0 aliphatic rings. The summed E-state index contributed by atoms with van der Waals surface area (Å²) in [5.41, 5.74) is 7.78. The van der Waals surface area contributed by atoms with E-state index in [9.17, 15) is 4.79 Å². The van der Waals surface area contributed by atoms with Gasteiger partial charge in [-0.2, -0.15) is 5.10 Å². The molecule has 3 aromatic carbocycles. The molecule has 0 radical (unpaired) electrons. The first-order valence-electron chi connectivity index (χ1n) is 10.4. The van der Waals surface area contributed by atoms with Crippen molar-refractivity contribution in [2.75, 3.05) is 0 Å². The summed E-state index contributed by atoms with van der Waals surface area (Å²) in [7, 11) is 0. The van der Waals surface area contributed by atoms with Crippen molar-refractivity contribution >= 4 is 34.1 Å². The summed E-state index contributed by atoms with van der Waals surface area (Å²) >= 11 is 0. The van der Waals surface area contributed by atoms with Crippen molar-refractivity contribution in [3.05, 3.63) is 107 Å². The third kappa shape index (κ3) is 4.64. The van der Waals surface area contributed by atoms with Crippen LogP contribution in [0, 0.1) is 0 Å². The SMILES string of the molecule is CCC/C(=C(/c1ccc(/C=C/C(=O)O)cc1)c1ccc2[nH]ncc2c1)c1ccccc1. The molecule has 4 heteroatoms. The Morgan fingerprint density at radius 1 is 0.968 bits per heavy atom. The first-order valence-corrected chi connectivity index (χ1v) is 10.4. The molecule has 0 amide bonds. The highest BCUT2D eigenvalue weighted by Gasteiger charge is 2.14. The lowest BCUT2D eigenvalue weighted by atomic mass is 9.87. The number of benzene rings is 3. The third-order valence-electron chi connectivity index (χ3n) is 5.27. The number of fused-ring (bicyclic) bond motifs is 1. The molecular weight excluding hydrogens is 384 g/mol. The average molecular weight is 409 g/mol. The number of H-pyrrole nitrogens is 1. The Kier molecular flexibility index (Phi) is 6.08. The quantitative estimate of drug-likeness (QED) is 0.274. The molecule has 2 N–H and O–H groups in total. The van der Waals surface area contributed by atoms with Crippen LogP contribution < -0.4 is 0 Å². The van der Waals surface area contributed by atoms with Gasteiger partial charge in [0.15, 0.2) is 0 Å². The van der Waals surface area contributed by atoms with Crippen molar-refractivity contribution in [1.29, 1.82) is 0 Å². The van der Waals surface area contributed by atoms with E-state index in [1.165, 1.54) is 16.7 Å². The molecule has 0 atom stereocenters. The molecule has 0 spiro atoms. The standard InChI is InChI=1S/C27H24N2O2/c1-2-6-24(20-7-4-3-5-8-20)27(22-14-15-25-23(17-22)18-28-29-25)21-12-9-19(10-13-21)11-16-26(30)31/h3-5,7-18H,2,6H2,1H3,(H,28,29)(H,30,31)/b16-11+,27-24+. The van der Waals surface area contributed by atoms with Crippen LogP contribution in [0.5, 0.6) is 0 Å². The molecule has 0 aliphatic heterocycles. The van der Waals surface area contributed by atoms with Crippen LogP contribution in [0.15, 0.2) is 85.1 Å².